The van der Waals surface area contributed by atoms with Gasteiger partial charge < -0.3 is 20.1 Å². The molecule has 1 aliphatic rings. The van der Waals surface area contributed by atoms with Crippen molar-refractivity contribution in [2.75, 3.05) is 11.9 Å². The number of carbonyl (C=O) groups is 2. The van der Waals surface area contributed by atoms with Crippen LogP contribution < -0.4 is 10.2 Å². The van der Waals surface area contributed by atoms with E-state index < -0.39 is 11.6 Å². The molecule has 0 unspecified atom stereocenters. The number of hydrogen-bond acceptors (Lipinski definition) is 4. The zero-order chi connectivity index (χ0) is 21.2. The maximum atomic E-state index is 12.0. The van der Waals surface area contributed by atoms with Crippen molar-refractivity contribution >= 4 is 33.7 Å². The van der Waals surface area contributed by atoms with Gasteiger partial charge in [0.25, 0.3) is 0 Å². The SMILES string of the molecule is Cc1c(Br)cc(C(=O)O)c(C)c1N(C)C1CCC(NC(=O)OC(C)(C)C)CC1. The number of rotatable bonds is 4. The Labute approximate surface area is 175 Å². The molecule has 2 N–H and O–H groups in total. The van der Waals surface area contributed by atoms with Crippen LogP contribution in [0.2, 0.25) is 0 Å². The molecule has 28 heavy (non-hydrogen) atoms. The highest BCUT2D eigenvalue weighted by molar-refractivity contribution is 9.10. The first kappa shape index (κ1) is 22.5. The number of carboxylic acids is 1. The fourth-order valence-electron chi connectivity index (χ4n) is 3.88. The Kier molecular flexibility index (Phi) is 7.02. The molecular weight excluding hydrogens is 424 g/mol. The number of aromatic carboxylic acids is 1. The molecule has 0 bridgehead atoms. The van der Waals surface area contributed by atoms with Crippen LogP contribution in [0, 0.1) is 13.8 Å². The predicted octanol–water partition coefficient (Wildman–Crippen LogP) is 5.04. The maximum Gasteiger partial charge on any atom is 0.407 e. The summed E-state index contributed by atoms with van der Waals surface area (Å²) in [6.45, 7) is 9.43. The van der Waals surface area contributed by atoms with Gasteiger partial charge in [0.2, 0.25) is 0 Å². The van der Waals surface area contributed by atoms with Crippen molar-refractivity contribution in [1.82, 2.24) is 5.32 Å². The highest BCUT2D eigenvalue weighted by atomic mass is 79.9. The monoisotopic (exact) mass is 454 g/mol. The van der Waals surface area contributed by atoms with Crippen LogP contribution in [0.25, 0.3) is 0 Å². The number of ether oxygens (including phenoxy) is 1. The van der Waals surface area contributed by atoms with Gasteiger partial charge in [-0.25, -0.2) is 9.59 Å². The number of carboxylic acid groups (broad SMARTS) is 1. The Morgan fingerprint density at radius 1 is 1.18 bits per heavy atom. The van der Waals surface area contributed by atoms with Gasteiger partial charge >= 0.3 is 12.1 Å². The van der Waals surface area contributed by atoms with E-state index >= 15 is 0 Å². The Morgan fingerprint density at radius 2 is 1.75 bits per heavy atom. The lowest BCUT2D eigenvalue weighted by Gasteiger charge is -2.38. The summed E-state index contributed by atoms with van der Waals surface area (Å²) < 4.78 is 6.15. The van der Waals surface area contributed by atoms with E-state index in [0.29, 0.717) is 11.6 Å². The first-order valence-electron chi connectivity index (χ1n) is 9.66. The van der Waals surface area contributed by atoms with E-state index in [-0.39, 0.29) is 12.1 Å². The molecule has 1 fully saturated rings. The number of halogens is 1. The molecule has 0 aromatic heterocycles. The van der Waals surface area contributed by atoms with Gasteiger partial charge in [0.15, 0.2) is 0 Å². The van der Waals surface area contributed by atoms with E-state index in [2.05, 4.69) is 26.1 Å². The summed E-state index contributed by atoms with van der Waals surface area (Å²) in [6, 6.07) is 2.08. The topological polar surface area (TPSA) is 78.9 Å². The minimum Gasteiger partial charge on any atom is -0.478 e. The zero-order valence-corrected chi connectivity index (χ0v) is 19.1. The second-order valence-electron chi connectivity index (χ2n) is 8.57. The maximum absolute atomic E-state index is 12.0. The minimum absolute atomic E-state index is 0.110. The fraction of sp³-hybridized carbons (Fsp3) is 0.619. The summed E-state index contributed by atoms with van der Waals surface area (Å²) in [5.41, 5.74) is 2.61. The highest BCUT2D eigenvalue weighted by Gasteiger charge is 2.29. The van der Waals surface area contributed by atoms with Gasteiger partial charge in [-0.3, -0.25) is 0 Å². The number of hydrogen-bond donors (Lipinski definition) is 2. The molecule has 1 saturated carbocycles. The zero-order valence-electron chi connectivity index (χ0n) is 17.6. The number of nitrogens with zero attached hydrogens (tertiary/aromatic N) is 1. The highest BCUT2D eigenvalue weighted by Crippen LogP contribution is 2.36. The van der Waals surface area contributed by atoms with Crippen molar-refractivity contribution < 1.29 is 19.4 Å². The molecule has 2 rings (SSSR count). The van der Waals surface area contributed by atoms with Crippen LogP contribution in [0.5, 0.6) is 0 Å². The van der Waals surface area contributed by atoms with Gasteiger partial charge in [0, 0.05) is 29.3 Å². The lowest BCUT2D eigenvalue weighted by Crippen LogP contribution is -2.44. The molecule has 1 amide bonds. The van der Waals surface area contributed by atoms with Gasteiger partial charge in [-0.2, -0.15) is 0 Å². The molecule has 6 nitrogen and oxygen atoms in total. The van der Waals surface area contributed by atoms with Gasteiger partial charge in [-0.1, -0.05) is 15.9 Å². The third-order valence-electron chi connectivity index (χ3n) is 5.29. The summed E-state index contributed by atoms with van der Waals surface area (Å²) >= 11 is 3.50. The van der Waals surface area contributed by atoms with Crippen molar-refractivity contribution in [1.29, 1.82) is 0 Å². The first-order chi connectivity index (χ1) is 12.9. The first-order valence-corrected chi connectivity index (χ1v) is 10.5. The van der Waals surface area contributed by atoms with Crippen LogP contribution in [-0.4, -0.2) is 41.9 Å². The fourth-order valence-corrected chi connectivity index (χ4v) is 4.30. The van der Waals surface area contributed by atoms with Gasteiger partial charge in [-0.15, -0.1) is 0 Å². The molecule has 1 aromatic rings. The Hall–Kier alpha value is -1.76. The lowest BCUT2D eigenvalue weighted by atomic mass is 9.89. The Bertz CT molecular complexity index is 750. The molecule has 0 heterocycles. The third-order valence-corrected chi connectivity index (χ3v) is 6.12. The van der Waals surface area contributed by atoms with Crippen LogP contribution in [0.1, 0.15) is 67.9 Å². The van der Waals surface area contributed by atoms with Crippen LogP contribution in [-0.2, 0) is 4.74 Å². The van der Waals surface area contributed by atoms with Gasteiger partial charge in [0.05, 0.1) is 5.56 Å². The van der Waals surface area contributed by atoms with E-state index in [1.54, 1.807) is 6.07 Å². The smallest absolute Gasteiger partial charge is 0.407 e. The van der Waals surface area contributed by atoms with Crippen LogP contribution in [0.3, 0.4) is 0 Å². The molecular formula is C21H31BrN2O4. The second-order valence-corrected chi connectivity index (χ2v) is 9.43. The largest absolute Gasteiger partial charge is 0.478 e. The quantitative estimate of drug-likeness (QED) is 0.666. The number of carbonyl (C=O) groups excluding carboxylic acids is 1. The molecule has 0 radical (unpaired) electrons. The molecule has 0 aliphatic heterocycles. The van der Waals surface area contributed by atoms with Crippen molar-refractivity contribution in [3.05, 3.63) is 27.2 Å². The van der Waals surface area contributed by atoms with Crippen molar-refractivity contribution in [2.24, 2.45) is 0 Å². The molecule has 1 aromatic carbocycles. The standard InChI is InChI=1S/C21H31BrN2O4/c1-12-16(19(25)26)11-17(22)13(2)18(12)24(6)15-9-7-14(8-10-15)23-20(27)28-21(3,4)5/h11,14-15H,7-10H2,1-6H3,(H,23,27)(H,25,26). The van der Waals surface area contributed by atoms with Crippen LogP contribution in [0.15, 0.2) is 10.5 Å². The summed E-state index contributed by atoms with van der Waals surface area (Å²) in [7, 11) is 2.03. The Balaban J connectivity index is 2.07. The molecule has 1 aliphatic carbocycles. The lowest BCUT2D eigenvalue weighted by molar-refractivity contribution is 0.0490. The van der Waals surface area contributed by atoms with Crippen LogP contribution >= 0.6 is 15.9 Å². The molecule has 7 heteroatoms. The van der Waals surface area contributed by atoms with E-state index in [4.69, 9.17) is 4.74 Å². The van der Waals surface area contributed by atoms with Gasteiger partial charge in [0.1, 0.15) is 5.60 Å². The summed E-state index contributed by atoms with van der Waals surface area (Å²) in [5.74, 6) is -0.918. The molecule has 0 spiro atoms. The molecule has 0 saturated heterocycles. The predicted molar refractivity (Wildman–Crippen MR) is 114 cm³/mol. The minimum atomic E-state index is -0.918. The second kappa shape index (κ2) is 8.72. The number of alkyl carbamates (subject to hydrolysis) is 1. The van der Waals surface area contributed by atoms with E-state index in [9.17, 15) is 14.7 Å². The Morgan fingerprint density at radius 3 is 2.25 bits per heavy atom. The summed E-state index contributed by atoms with van der Waals surface area (Å²) in [4.78, 5) is 25.8. The van der Waals surface area contributed by atoms with Crippen molar-refractivity contribution in [3.8, 4) is 0 Å². The molecule has 0 atom stereocenters. The normalized spacial score (nSPS) is 19.8. The summed E-state index contributed by atoms with van der Waals surface area (Å²) in [5, 5.41) is 12.5. The third kappa shape index (κ3) is 5.40. The van der Waals surface area contributed by atoms with Gasteiger partial charge in [-0.05, 0) is 77.5 Å². The van der Waals surface area contributed by atoms with Crippen molar-refractivity contribution in [2.45, 2.75) is 78.0 Å². The van der Waals surface area contributed by atoms with E-state index in [1.807, 2.05) is 41.7 Å². The number of anilines is 1. The number of nitrogens with one attached hydrogen (secondary N) is 1. The molecule has 156 valence electrons. The number of benzene rings is 1. The number of amides is 1. The van der Waals surface area contributed by atoms with Crippen molar-refractivity contribution in [3.63, 3.8) is 0 Å². The van der Waals surface area contributed by atoms with E-state index in [0.717, 1.165) is 47.0 Å². The summed E-state index contributed by atoms with van der Waals surface area (Å²) in [6.07, 6.45) is 3.21. The average molecular weight is 455 g/mol. The average Bonchev–Trinajstić information content (AvgIpc) is 2.56. The van der Waals surface area contributed by atoms with E-state index in [1.165, 1.54) is 0 Å². The van der Waals surface area contributed by atoms with Crippen LogP contribution in [0.4, 0.5) is 10.5 Å².